The maximum Gasteiger partial charge on any atom is 0.262 e. The Kier molecular flexibility index (Phi) is 4.72. The zero-order chi connectivity index (χ0) is 18.7. The van der Waals surface area contributed by atoms with Crippen LogP contribution in [0.2, 0.25) is 0 Å². The molecule has 0 atom stereocenters. The zero-order valence-corrected chi connectivity index (χ0v) is 14.4. The number of nitrogens with zero attached hydrogens (tertiary/aromatic N) is 1. The van der Waals surface area contributed by atoms with Gasteiger partial charge in [0.2, 0.25) is 0 Å². The molecule has 0 bridgehead atoms. The minimum atomic E-state index is -4.06. The van der Waals surface area contributed by atoms with Gasteiger partial charge in [-0.25, -0.2) is 12.8 Å². The number of benzene rings is 2. The molecule has 0 aliphatic carbocycles. The number of aryl methyl sites for hydroxylation is 1. The lowest BCUT2D eigenvalue weighted by Crippen LogP contribution is -2.16. The molecule has 0 saturated heterocycles. The first kappa shape index (κ1) is 17.6. The largest absolute Gasteiger partial charge is 0.360 e. The van der Waals surface area contributed by atoms with Gasteiger partial charge in [0, 0.05) is 11.6 Å². The molecule has 2 aromatic carbocycles. The number of sulfonamides is 1. The molecule has 1 heterocycles. The van der Waals surface area contributed by atoms with E-state index in [4.69, 9.17) is 4.52 Å². The van der Waals surface area contributed by atoms with Crippen LogP contribution < -0.4 is 10.0 Å². The smallest absolute Gasteiger partial charge is 0.262 e. The van der Waals surface area contributed by atoms with Crippen LogP contribution >= 0.6 is 0 Å². The second-order valence-corrected chi connectivity index (χ2v) is 7.07. The van der Waals surface area contributed by atoms with Crippen molar-refractivity contribution >= 4 is 27.4 Å². The molecule has 0 spiro atoms. The quantitative estimate of drug-likeness (QED) is 0.713. The minimum Gasteiger partial charge on any atom is -0.360 e. The summed E-state index contributed by atoms with van der Waals surface area (Å²) in [5, 5.41) is 6.14. The lowest BCUT2D eigenvalue weighted by Gasteiger charge is -2.10. The highest BCUT2D eigenvalue weighted by molar-refractivity contribution is 7.92. The Hall–Kier alpha value is -3.20. The molecular weight excluding hydrogens is 361 g/mol. The molecule has 0 fully saturated rings. The summed E-state index contributed by atoms with van der Waals surface area (Å²) < 4.78 is 45.6. The number of aromatic nitrogens is 1. The van der Waals surface area contributed by atoms with E-state index in [2.05, 4.69) is 15.2 Å². The Balaban J connectivity index is 1.84. The molecule has 0 radical (unpaired) electrons. The van der Waals surface area contributed by atoms with E-state index in [0.29, 0.717) is 5.76 Å². The van der Waals surface area contributed by atoms with E-state index in [9.17, 15) is 17.6 Å². The zero-order valence-electron chi connectivity index (χ0n) is 13.6. The number of halogens is 1. The van der Waals surface area contributed by atoms with Crippen molar-refractivity contribution in [3.8, 4) is 0 Å². The number of carbonyl (C=O) groups is 1. The minimum absolute atomic E-state index is 0.0991. The normalized spacial score (nSPS) is 11.2. The van der Waals surface area contributed by atoms with E-state index < -0.39 is 21.7 Å². The monoisotopic (exact) mass is 375 g/mol. The van der Waals surface area contributed by atoms with Crippen molar-refractivity contribution in [3.05, 3.63) is 71.7 Å². The van der Waals surface area contributed by atoms with E-state index in [1.807, 2.05) is 0 Å². The van der Waals surface area contributed by atoms with E-state index in [1.54, 1.807) is 6.92 Å². The number of amides is 1. The van der Waals surface area contributed by atoms with Gasteiger partial charge in [0.25, 0.3) is 15.9 Å². The molecule has 134 valence electrons. The van der Waals surface area contributed by atoms with Gasteiger partial charge in [-0.05, 0) is 37.3 Å². The second kappa shape index (κ2) is 6.96. The van der Waals surface area contributed by atoms with Crippen LogP contribution in [0.4, 0.5) is 15.9 Å². The highest BCUT2D eigenvalue weighted by atomic mass is 32.2. The van der Waals surface area contributed by atoms with Gasteiger partial charge >= 0.3 is 0 Å². The Morgan fingerprint density at radius 1 is 1.12 bits per heavy atom. The lowest BCUT2D eigenvalue weighted by atomic mass is 10.2. The number of carbonyl (C=O) groups excluding carboxylic acids is 1. The number of hydrogen-bond donors (Lipinski definition) is 2. The predicted octanol–water partition coefficient (Wildman–Crippen LogP) is 3.18. The van der Waals surface area contributed by atoms with Gasteiger partial charge in [-0.15, -0.1) is 0 Å². The molecule has 0 saturated carbocycles. The van der Waals surface area contributed by atoms with Gasteiger partial charge in [0.15, 0.2) is 5.82 Å². The van der Waals surface area contributed by atoms with Gasteiger partial charge < -0.3 is 9.84 Å². The van der Waals surface area contributed by atoms with Crippen molar-refractivity contribution in [1.82, 2.24) is 5.16 Å². The van der Waals surface area contributed by atoms with Crippen molar-refractivity contribution in [2.75, 3.05) is 10.0 Å². The third-order valence-electron chi connectivity index (χ3n) is 3.39. The Labute approximate surface area is 148 Å². The van der Waals surface area contributed by atoms with E-state index in [-0.39, 0.29) is 22.0 Å². The molecule has 3 aromatic rings. The van der Waals surface area contributed by atoms with E-state index in [1.165, 1.54) is 48.5 Å². The van der Waals surface area contributed by atoms with Crippen LogP contribution in [0.25, 0.3) is 0 Å². The van der Waals surface area contributed by atoms with Crippen molar-refractivity contribution in [3.63, 3.8) is 0 Å². The number of anilines is 2. The third-order valence-corrected chi connectivity index (χ3v) is 4.76. The molecule has 26 heavy (non-hydrogen) atoms. The summed E-state index contributed by atoms with van der Waals surface area (Å²) >= 11 is 0. The molecule has 9 heteroatoms. The maximum atomic E-state index is 13.7. The highest BCUT2D eigenvalue weighted by Gasteiger charge is 2.18. The van der Waals surface area contributed by atoms with Crippen LogP contribution in [0, 0.1) is 12.7 Å². The third kappa shape index (κ3) is 3.89. The molecule has 2 N–H and O–H groups in total. The number of hydrogen-bond acceptors (Lipinski definition) is 5. The van der Waals surface area contributed by atoms with Crippen molar-refractivity contribution < 1.29 is 22.1 Å². The summed E-state index contributed by atoms with van der Waals surface area (Å²) in [4.78, 5) is 12.1. The highest BCUT2D eigenvalue weighted by Crippen LogP contribution is 2.20. The first-order valence-electron chi connectivity index (χ1n) is 7.47. The Morgan fingerprint density at radius 2 is 1.88 bits per heavy atom. The number of nitrogens with one attached hydrogen (secondary N) is 2. The molecule has 0 aliphatic rings. The lowest BCUT2D eigenvalue weighted by molar-refractivity contribution is 0.102. The average Bonchev–Trinajstić information content (AvgIpc) is 3.02. The average molecular weight is 375 g/mol. The van der Waals surface area contributed by atoms with Crippen LogP contribution in [0.5, 0.6) is 0 Å². The fourth-order valence-electron chi connectivity index (χ4n) is 2.17. The molecule has 1 aromatic heterocycles. The van der Waals surface area contributed by atoms with Crippen LogP contribution in [-0.2, 0) is 10.0 Å². The second-order valence-electron chi connectivity index (χ2n) is 5.39. The summed E-state index contributed by atoms with van der Waals surface area (Å²) in [7, 11) is -4.06. The molecule has 0 aliphatic heterocycles. The van der Waals surface area contributed by atoms with Gasteiger partial charge in [-0.2, -0.15) is 0 Å². The van der Waals surface area contributed by atoms with E-state index in [0.717, 1.165) is 6.07 Å². The maximum absolute atomic E-state index is 13.7. The summed E-state index contributed by atoms with van der Waals surface area (Å²) in [6, 6.07) is 12.3. The Bertz CT molecular complexity index is 1060. The first-order chi connectivity index (χ1) is 12.3. The molecule has 3 rings (SSSR count). The van der Waals surface area contributed by atoms with Gasteiger partial charge in [-0.1, -0.05) is 23.4 Å². The van der Waals surface area contributed by atoms with Gasteiger partial charge in [0.1, 0.15) is 11.6 Å². The Morgan fingerprint density at radius 3 is 2.58 bits per heavy atom. The van der Waals surface area contributed by atoms with Crippen molar-refractivity contribution in [2.45, 2.75) is 11.8 Å². The van der Waals surface area contributed by atoms with Gasteiger partial charge in [-0.3, -0.25) is 9.52 Å². The fourth-order valence-corrected chi connectivity index (χ4v) is 3.28. The standard InChI is InChI=1S/C17H14FN3O4S/c1-11-9-16(20-25-11)19-17(22)12-5-4-6-13(10-12)26(23,24)21-15-8-3-2-7-14(15)18/h2-10,21H,1H3,(H,19,20,22). The number of rotatable bonds is 5. The summed E-state index contributed by atoms with van der Waals surface area (Å²) in [6.07, 6.45) is 0. The predicted molar refractivity (Wildman–Crippen MR) is 92.8 cm³/mol. The van der Waals surface area contributed by atoms with Crippen molar-refractivity contribution in [2.24, 2.45) is 0 Å². The first-order valence-corrected chi connectivity index (χ1v) is 8.95. The fraction of sp³-hybridized carbons (Fsp3) is 0.0588. The van der Waals surface area contributed by atoms with Crippen LogP contribution in [0.15, 0.2) is 64.0 Å². The summed E-state index contributed by atoms with van der Waals surface area (Å²) in [6.45, 7) is 1.67. The summed E-state index contributed by atoms with van der Waals surface area (Å²) in [5.41, 5.74) is -0.0810. The molecule has 1 amide bonds. The summed E-state index contributed by atoms with van der Waals surface area (Å²) in [5.74, 6) is -0.524. The van der Waals surface area contributed by atoms with Crippen LogP contribution in [0.1, 0.15) is 16.1 Å². The molecular formula is C17H14FN3O4S. The number of para-hydroxylation sites is 1. The van der Waals surface area contributed by atoms with Crippen molar-refractivity contribution in [1.29, 1.82) is 0 Å². The van der Waals surface area contributed by atoms with Gasteiger partial charge in [0.05, 0.1) is 10.6 Å². The SMILES string of the molecule is Cc1cc(NC(=O)c2cccc(S(=O)(=O)Nc3ccccc3F)c2)no1. The van der Waals surface area contributed by atoms with Crippen LogP contribution in [-0.4, -0.2) is 19.5 Å². The van der Waals surface area contributed by atoms with Crippen LogP contribution in [0.3, 0.4) is 0 Å². The topological polar surface area (TPSA) is 101 Å². The van der Waals surface area contributed by atoms with E-state index >= 15 is 0 Å². The molecule has 7 nitrogen and oxygen atoms in total. The molecule has 0 unspecified atom stereocenters.